The maximum atomic E-state index is 13.0. The van der Waals surface area contributed by atoms with Crippen molar-refractivity contribution in [2.45, 2.75) is 47.1 Å². The normalized spacial score (nSPS) is 22.2. The zero-order valence-corrected chi connectivity index (χ0v) is 14.2. The van der Waals surface area contributed by atoms with Gasteiger partial charge >= 0.3 is 0 Å². The van der Waals surface area contributed by atoms with Gasteiger partial charge in [0.2, 0.25) is 0 Å². The predicted molar refractivity (Wildman–Crippen MR) is 91.6 cm³/mol. The van der Waals surface area contributed by atoms with Gasteiger partial charge < -0.3 is 9.88 Å². The Kier molecular flexibility index (Phi) is 4.09. The van der Waals surface area contributed by atoms with Crippen LogP contribution in [0.25, 0.3) is 10.9 Å². The summed E-state index contributed by atoms with van der Waals surface area (Å²) < 4.78 is 0. The summed E-state index contributed by atoms with van der Waals surface area (Å²) in [4.78, 5) is 18.0. The Bertz CT molecular complexity index is 752. The van der Waals surface area contributed by atoms with E-state index in [2.05, 4.69) is 31.8 Å². The number of aryl methyl sites for hydroxylation is 3. The second kappa shape index (κ2) is 5.88. The Balaban J connectivity index is 2.01. The van der Waals surface area contributed by atoms with Crippen LogP contribution < -0.4 is 10.3 Å². The van der Waals surface area contributed by atoms with Gasteiger partial charge in [-0.15, -0.1) is 0 Å². The molecule has 0 spiro atoms. The predicted octanol–water partition coefficient (Wildman–Crippen LogP) is 2.27. The number of rotatable bonds is 2. The molecule has 1 aliphatic heterocycles. The molecule has 1 fully saturated rings. The molecule has 1 aromatic carbocycles. The number of aromatic nitrogens is 1. The summed E-state index contributed by atoms with van der Waals surface area (Å²) in [5.74, 6) is 0.838. The Hall–Kier alpha value is -1.61. The molecular formula is C19H27N2O+. The number of likely N-dealkylation sites (tertiary alicyclic amines) is 1. The summed E-state index contributed by atoms with van der Waals surface area (Å²) >= 11 is 0. The van der Waals surface area contributed by atoms with E-state index in [0.29, 0.717) is 0 Å². The third-order valence-corrected chi connectivity index (χ3v) is 5.17. The van der Waals surface area contributed by atoms with Crippen molar-refractivity contribution in [3.63, 3.8) is 0 Å². The Labute approximate surface area is 132 Å². The number of hydrogen-bond donors (Lipinski definition) is 2. The Morgan fingerprint density at radius 2 is 1.86 bits per heavy atom. The zero-order valence-electron chi connectivity index (χ0n) is 14.2. The number of hydrogen-bond acceptors (Lipinski definition) is 1. The van der Waals surface area contributed by atoms with E-state index in [0.717, 1.165) is 45.7 Å². The first-order valence-electron chi connectivity index (χ1n) is 8.42. The van der Waals surface area contributed by atoms with Crippen molar-refractivity contribution < 1.29 is 4.90 Å². The van der Waals surface area contributed by atoms with E-state index in [4.69, 9.17) is 0 Å². The molecule has 3 rings (SSSR count). The van der Waals surface area contributed by atoms with E-state index in [1.54, 1.807) is 4.90 Å². The number of piperidine rings is 1. The maximum absolute atomic E-state index is 13.0. The van der Waals surface area contributed by atoms with Gasteiger partial charge in [-0.1, -0.05) is 13.0 Å². The standard InChI is InChI=1S/C19H26N2O/c1-12-5-7-21(8-6-12)11-17-15(4)20-18-14(3)9-13(2)10-16(18)19(17)22/h9-10,12H,5-8,11H2,1-4H3,(H,20,22)/p+1. The van der Waals surface area contributed by atoms with Gasteiger partial charge in [-0.2, -0.15) is 0 Å². The average Bonchev–Trinajstić information content (AvgIpc) is 2.47. The Morgan fingerprint density at radius 3 is 2.55 bits per heavy atom. The molecule has 0 radical (unpaired) electrons. The summed E-state index contributed by atoms with van der Waals surface area (Å²) in [6.45, 7) is 11.7. The fraction of sp³-hybridized carbons (Fsp3) is 0.526. The lowest BCUT2D eigenvalue weighted by atomic mass is 9.98. The minimum Gasteiger partial charge on any atom is -0.358 e. The van der Waals surface area contributed by atoms with Crippen LogP contribution in [0.5, 0.6) is 0 Å². The second-order valence-corrected chi connectivity index (χ2v) is 7.17. The summed E-state index contributed by atoms with van der Waals surface area (Å²) in [6, 6.07) is 4.16. The van der Waals surface area contributed by atoms with Crippen molar-refractivity contribution in [2.24, 2.45) is 5.92 Å². The van der Waals surface area contributed by atoms with Crippen molar-refractivity contribution in [1.29, 1.82) is 0 Å². The minimum absolute atomic E-state index is 0.226. The highest BCUT2D eigenvalue weighted by atomic mass is 16.1. The molecule has 3 nitrogen and oxygen atoms in total. The molecule has 1 aromatic heterocycles. The lowest BCUT2D eigenvalue weighted by Gasteiger charge is -2.27. The molecule has 0 bridgehead atoms. The smallest absolute Gasteiger partial charge is 0.198 e. The summed E-state index contributed by atoms with van der Waals surface area (Å²) in [7, 11) is 0. The number of quaternary nitrogens is 1. The molecule has 0 atom stereocenters. The fourth-order valence-electron chi connectivity index (χ4n) is 3.72. The van der Waals surface area contributed by atoms with Gasteiger partial charge in [0.05, 0.1) is 24.2 Å². The first-order chi connectivity index (χ1) is 10.5. The molecule has 2 N–H and O–H groups in total. The van der Waals surface area contributed by atoms with E-state index in [9.17, 15) is 4.79 Å². The minimum atomic E-state index is 0.226. The van der Waals surface area contributed by atoms with Crippen LogP contribution in [0.4, 0.5) is 0 Å². The SMILES string of the molecule is Cc1cc(C)c2[nH]c(C)c(C[NH+]3CCC(C)CC3)c(=O)c2c1. The molecule has 3 heteroatoms. The molecule has 22 heavy (non-hydrogen) atoms. The van der Waals surface area contributed by atoms with Gasteiger partial charge in [0.1, 0.15) is 6.54 Å². The van der Waals surface area contributed by atoms with Gasteiger partial charge in [-0.05, 0) is 56.7 Å². The second-order valence-electron chi connectivity index (χ2n) is 7.17. The lowest BCUT2D eigenvalue weighted by Crippen LogP contribution is -3.12. The number of fused-ring (bicyclic) bond motifs is 1. The number of benzene rings is 1. The quantitative estimate of drug-likeness (QED) is 0.877. The molecule has 0 amide bonds. The van der Waals surface area contributed by atoms with Crippen molar-refractivity contribution in [3.05, 3.63) is 44.7 Å². The van der Waals surface area contributed by atoms with E-state index < -0.39 is 0 Å². The topological polar surface area (TPSA) is 37.3 Å². The number of aromatic amines is 1. The van der Waals surface area contributed by atoms with Crippen LogP contribution in [0.2, 0.25) is 0 Å². The van der Waals surface area contributed by atoms with Crippen LogP contribution in [-0.2, 0) is 6.54 Å². The van der Waals surface area contributed by atoms with Crippen LogP contribution in [0.1, 0.15) is 42.1 Å². The fourth-order valence-corrected chi connectivity index (χ4v) is 3.72. The van der Waals surface area contributed by atoms with Gasteiger partial charge in [-0.3, -0.25) is 4.79 Å². The Morgan fingerprint density at radius 1 is 1.18 bits per heavy atom. The average molecular weight is 299 g/mol. The van der Waals surface area contributed by atoms with E-state index in [-0.39, 0.29) is 5.43 Å². The zero-order chi connectivity index (χ0) is 15.9. The van der Waals surface area contributed by atoms with Crippen LogP contribution in [0, 0.1) is 26.7 Å². The first kappa shape index (κ1) is 15.3. The summed E-state index contributed by atoms with van der Waals surface area (Å²) in [6.07, 6.45) is 2.55. The van der Waals surface area contributed by atoms with Crippen LogP contribution in [0.15, 0.2) is 16.9 Å². The number of H-pyrrole nitrogens is 1. The third kappa shape index (κ3) is 2.82. The summed E-state index contributed by atoms with van der Waals surface area (Å²) in [5.41, 5.74) is 5.55. The first-order valence-corrected chi connectivity index (χ1v) is 8.42. The van der Waals surface area contributed by atoms with E-state index in [1.165, 1.54) is 25.9 Å². The van der Waals surface area contributed by atoms with Crippen LogP contribution in [0.3, 0.4) is 0 Å². The molecule has 0 saturated carbocycles. The molecule has 0 unspecified atom stereocenters. The van der Waals surface area contributed by atoms with Crippen LogP contribution in [-0.4, -0.2) is 18.1 Å². The highest BCUT2D eigenvalue weighted by molar-refractivity contribution is 5.83. The van der Waals surface area contributed by atoms with Crippen LogP contribution >= 0.6 is 0 Å². The molecular weight excluding hydrogens is 272 g/mol. The van der Waals surface area contributed by atoms with Crippen molar-refractivity contribution >= 4 is 10.9 Å². The maximum Gasteiger partial charge on any atom is 0.198 e. The van der Waals surface area contributed by atoms with Crippen molar-refractivity contribution in [1.82, 2.24) is 4.98 Å². The molecule has 1 saturated heterocycles. The molecule has 0 aliphatic carbocycles. The van der Waals surface area contributed by atoms with Gasteiger partial charge in [0.15, 0.2) is 5.43 Å². The lowest BCUT2D eigenvalue weighted by molar-refractivity contribution is -0.919. The summed E-state index contributed by atoms with van der Waals surface area (Å²) in [5, 5.41) is 0.850. The molecule has 2 heterocycles. The number of pyridine rings is 1. The number of nitrogens with one attached hydrogen (secondary N) is 2. The van der Waals surface area contributed by atoms with Crippen molar-refractivity contribution in [3.8, 4) is 0 Å². The molecule has 118 valence electrons. The van der Waals surface area contributed by atoms with Gasteiger partial charge in [0.25, 0.3) is 0 Å². The largest absolute Gasteiger partial charge is 0.358 e. The highest BCUT2D eigenvalue weighted by Crippen LogP contribution is 2.17. The monoisotopic (exact) mass is 299 g/mol. The van der Waals surface area contributed by atoms with E-state index in [1.807, 2.05) is 13.0 Å². The van der Waals surface area contributed by atoms with Gasteiger partial charge in [-0.25, -0.2) is 0 Å². The van der Waals surface area contributed by atoms with Crippen molar-refractivity contribution in [2.75, 3.05) is 13.1 Å². The van der Waals surface area contributed by atoms with E-state index >= 15 is 0 Å². The highest BCUT2D eigenvalue weighted by Gasteiger charge is 2.22. The molecule has 2 aromatic rings. The van der Waals surface area contributed by atoms with Gasteiger partial charge in [0, 0.05) is 11.1 Å². The third-order valence-electron chi connectivity index (χ3n) is 5.17. The molecule has 1 aliphatic rings.